The molecule has 128 valence electrons. The first kappa shape index (κ1) is 16.8. The summed E-state index contributed by atoms with van der Waals surface area (Å²) in [6.45, 7) is 2.73. The maximum absolute atomic E-state index is 14.2. The summed E-state index contributed by atoms with van der Waals surface area (Å²) in [4.78, 5) is 0. The van der Waals surface area contributed by atoms with Crippen molar-refractivity contribution < 1.29 is 13.9 Å². The van der Waals surface area contributed by atoms with Crippen LogP contribution in [0.25, 0.3) is 0 Å². The summed E-state index contributed by atoms with van der Waals surface area (Å²) < 4.78 is 25.0. The second kappa shape index (κ2) is 7.22. The molecule has 24 heavy (non-hydrogen) atoms. The lowest BCUT2D eigenvalue weighted by Crippen LogP contribution is -2.30. The maximum Gasteiger partial charge on any atom is 0.161 e. The average molecular weight is 329 g/mol. The molecule has 1 aliphatic rings. The molecule has 0 saturated carbocycles. The molecule has 0 radical (unpaired) electrons. The van der Waals surface area contributed by atoms with Crippen LogP contribution in [-0.2, 0) is 12.8 Å². The van der Waals surface area contributed by atoms with E-state index in [9.17, 15) is 4.39 Å². The third-order valence-electron chi connectivity index (χ3n) is 4.78. The van der Waals surface area contributed by atoms with E-state index in [1.807, 2.05) is 25.1 Å². The summed E-state index contributed by atoms with van der Waals surface area (Å²) in [7, 11) is 3.31. The number of hydrogen-bond acceptors (Lipinski definition) is 3. The van der Waals surface area contributed by atoms with Crippen molar-refractivity contribution in [2.45, 2.75) is 32.2 Å². The molecule has 3 rings (SSSR count). The van der Waals surface area contributed by atoms with Crippen LogP contribution in [0.5, 0.6) is 11.5 Å². The zero-order chi connectivity index (χ0) is 17.1. The highest BCUT2D eigenvalue weighted by atomic mass is 19.1. The first-order valence-electron chi connectivity index (χ1n) is 8.36. The van der Waals surface area contributed by atoms with E-state index < -0.39 is 0 Å². The topological polar surface area (TPSA) is 30.5 Å². The maximum atomic E-state index is 14.2. The molecule has 0 fully saturated rings. The van der Waals surface area contributed by atoms with Crippen molar-refractivity contribution in [3.8, 4) is 11.5 Å². The van der Waals surface area contributed by atoms with Gasteiger partial charge < -0.3 is 14.8 Å². The number of nitrogens with one attached hydrogen (secondary N) is 1. The monoisotopic (exact) mass is 329 g/mol. The summed E-state index contributed by atoms with van der Waals surface area (Å²) in [5.74, 6) is 1.43. The van der Waals surface area contributed by atoms with Gasteiger partial charge in [0.25, 0.3) is 0 Å². The average Bonchev–Trinajstić information content (AvgIpc) is 2.61. The zero-order valence-corrected chi connectivity index (χ0v) is 14.5. The fourth-order valence-electron chi connectivity index (χ4n) is 3.43. The normalized spacial score (nSPS) is 16.6. The Balaban J connectivity index is 1.83. The van der Waals surface area contributed by atoms with Crippen molar-refractivity contribution in [3.05, 3.63) is 58.4 Å². The number of rotatable bonds is 5. The highest BCUT2D eigenvalue weighted by Crippen LogP contribution is 2.36. The van der Waals surface area contributed by atoms with Gasteiger partial charge in [-0.2, -0.15) is 0 Å². The Morgan fingerprint density at radius 3 is 2.67 bits per heavy atom. The number of fused-ring (bicyclic) bond motifs is 1. The van der Waals surface area contributed by atoms with Crippen LogP contribution in [-0.4, -0.2) is 20.8 Å². The van der Waals surface area contributed by atoms with Gasteiger partial charge >= 0.3 is 0 Å². The Kier molecular flexibility index (Phi) is 5.05. The summed E-state index contributed by atoms with van der Waals surface area (Å²) in [6.07, 6.45) is 2.52. The van der Waals surface area contributed by atoms with E-state index in [0.29, 0.717) is 12.0 Å². The predicted molar refractivity (Wildman–Crippen MR) is 93.5 cm³/mol. The Morgan fingerprint density at radius 2 is 1.92 bits per heavy atom. The van der Waals surface area contributed by atoms with Gasteiger partial charge in [-0.1, -0.05) is 18.2 Å². The van der Waals surface area contributed by atoms with Crippen LogP contribution < -0.4 is 14.8 Å². The minimum atomic E-state index is -0.0826. The molecule has 1 unspecified atom stereocenters. The van der Waals surface area contributed by atoms with Crippen molar-refractivity contribution in [3.63, 3.8) is 0 Å². The van der Waals surface area contributed by atoms with Crippen LogP contribution in [0.2, 0.25) is 0 Å². The van der Waals surface area contributed by atoms with E-state index in [4.69, 9.17) is 9.47 Å². The van der Waals surface area contributed by atoms with Gasteiger partial charge in [-0.25, -0.2) is 4.39 Å². The van der Waals surface area contributed by atoms with Crippen molar-refractivity contribution in [1.29, 1.82) is 0 Å². The molecule has 1 N–H and O–H groups in total. The van der Waals surface area contributed by atoms with Gasteiger partial charge in [0, 0.05) is 6.04 Å². The molecule has 0 aromatic heterocycles. The SMILES string of the molecule is COc1cc2c(cc1OC)C(CCc1cccc(C)c1F)NCC2. The summed E-state index contributed by atoms with van der Waals surface area (Å²) in [5, 5.41) is 3.55. The Morgan fingerprint density at radius 1 is 1.17 bits per heavy atom. The van der Waals surface area contributed by atoms with Gasteiger partial charge in [-0.15, -0.1) is 0 Å². The van der Waals surface area contributed by atoms with Crippen LogP contribution in [0.1, 0.15) is 34.7 Å². The van der Waals surface area contributed by atoms with E-state index in [-0.39, 0.29) is 11.9 Å². The molecular formula is C20H24FNO2. The van der Waals surface area contributed by atoms with Gasteiger partial charge in [0.1, 0.15) is 5.82 Å². The van der Waals surface area contributed by atoms with E-state index in [1.54, 1.807) is 14.2 Å². The van der Waals surface area contributed by atoms with E-state index in [0.717, 1.165) is 36.4 Å². The molecule has 1 aliphatic heterocycles. The van der Waals surface area contributed by atoms with Crippen LogP contribution in [0.3, 0.4) is 0 Å². The first-order valence-corrected chi connectivity index (χ1v) is 8.36. The molecule has 2 aromatic carbocycles. The zero-order valence-electron chi connectivity index (χ0n) is 14.5. The minimum absolute atomic E-state index is 0.0826. The molecule has 4 heteroatoms. The van der Waals surface area contributed by atoms with Crippen LogP contribution in [0.4, 0.5) is 4.39 Å². The van der Waals surface area contributed by atoms with Crippen molar-refractivity contribution in [2.24, 2.45) is 0 Å². The molecular weight excluding hydrogens is 305 g/mol. The molecule has 0 spiro atoms. The minimum Gasteiger partial charge on any atom is -0.493 e. The number of halogens is 1. The number of aryl methyl sites for hydroxylation is 2. The number of benzene rings is 2. The molecule has 3 nitrogen and oxygen atoms in total. The third kappa shape index (κ3) is 3.24. The van der Waals surface area contributed by atoms with Gasteiger partial charge in [-0.05, 0) is 67.1 Å². The van der Waals surface area contributed by atoms with Crippen LogP contribution >= 0.6 is 0 Å². The van der Waals surface area contributed by atoms with Gasteiger partial charge in [0.15, 0.2) is 11.5 Å². The largest absolute Gasteiger partial charge is 0.493 e. The molecule has 2 aromatic rings. The standard InChI is InChI=1S/C20H24FNO2/c1-13-5-4-6-14(20(13)21)7-8-17-16-12-19(24-3)18(23-2)11-15(16)9-10-22-17/h4-6,11-12,17,22H,7-10H2,1-3H3. The Labute approximate surface area is 142 Å². The predicted octanol–water partition coefficient (Wildman–Crippen LogP) is 3.97. The molecule has 0 saturated heterocycles. The number of hydrogen-bond donors (Lipinski definition) is 1. The van der Waals surface area contributed by atoms with Crippen molar-refractivity contribution >= 4 is 0 Å². The summed E-state index contributed by atoms with van der Waals surface area (Å²) in [6, 6.07) is 9.93. The van der Waals surface area contributed by atoms with E-state index in [2.05, 4.69) is 17.4 Å². The van der Waals surface area contributed by atoms with Gasteiger partial charge in [0.05, 0.1) is 14.2 Å². The molecule has 1 atom stereocenters. The summed E-state index contributed by atoms with van der Waals surface area (Å²) in [5.41, 5.74) is 3.99. The first-order chi connectivity index (χ1) is 11.6. The van der Waals surface area contributed by atoms with Crippen molar-refractivity contribution in [2.75, 3.05) is 20.8 Å². The highest BCUT2D eigenvalue weighted by Gasteiger charge is 2.22. The second-order valence-electron chi connectivity index (χ2n) is 6.25. The van der Waals surface area contributed by atoms with Crippen molar-refractivity contribution in [1.82, 2.24) is 5.32 Å². The van der Waals surface area contributed by atoms with Gasteiger partial charge in [0.2, 0.25) is 0 Å². The van der Waals surface area contributed by atoms with E-state index in [1.165, 1.54) is 11.1 Å². The second-order valence-corrected chi connectivity index (χ2v) is 6.25. The smallest absolute Gasteiger partial charge is 0.161 e. The quantitative estimate of drug-likeness (QED) is 0.900. The third-order valence-corrected chi connectivity index (χ3v) is 4.78. The number of methoxy groups -OCH3 is 2. The number of ether oxygens (including phenoxy) is 2. The lowest BCUT2D eigenvalue weighted by atomic mass is 9.90. The summed E-state index contributed by atoms with van der Waals surface area (Å²) >= 11 is 0. The van der Waals surface area contributed by atoms with Crippen LogP contribution in [0.15, 0.2) is 30.3 Å². The van der Waals surface area contributed by atoms with Gasteiger partial charge in [-0.3, -0.25) is 0 Å². The molecule has 0 aliphatic carbocycles. The highest BCUT2D eigenvalue weighted by molar-refractivity contribution is 5.49. The fourth-order valence-corrected chi connectivity index (χ4v) is 3.43. The lowest BCUT2D eigenvalue weighted by Gasteiger charge is -2.28. The molecule has 1 heterocycles. The lowest BCUT2D eigenvalue weighted by molar-refractivity contribution is 0.351. The Hall–Kier alpha value is -2.07. The Bertz CT molecular complexity index is 730. The van der Waals surface area contributed by atoms with E-state index >= 15 is 0 Å². The molecule has 0 amide bonds. The molecule has 0 bridgehead atoms. The van der Waals surface area contributed by atoms with Crippen LogP contribution in [0, 0.1) is 12.7 Å². The fraction of sp³-hybridized carbons (Fsp3) is 0.400.